The van der Waals surface area contributed by atoms with E-state index in [1.807, 2.05) is 49.1 Å². The van der Waals surface area contributed by atoms with Crippen molar-refractivity contribution in [1.29, 1.82) is 0 Å². The molecule has 4 rings (SSSR count). The molecule has 11 heteroatoms. The van der Waals surface area contributed by atoms with Gasteiger partial charge in [0.05, 0.1) is 36.8 Å². The summed E-state index contributed by atoms with van der Waals surface area (Å²) >= 11 is 1.24. The zero-order valence-corrected chi connectivity index (χ0v) is 20.5. The summed E-state index contributed by atoms with van der Waals surface area (Å²) in [7, 11) is 6.60. The normalized spacial score (nSPS) is 10.7. The average Bonchev–Trinajstić information content (AvgIpc) is 3.44. The van der Waals surface area contributed by atoms with Crippen LogP contribution >= 0.6 is 11.8 Å². The predicted molar refractivity (Wildman–Crippen MR) is 132 cm³/mol. The maximum Gasteiger partial charge on any atom is 0.339 e. The second-order valence-corrected chi connectivity index (χ2v) is 8.48. The Morgan fingerprint density at radius 3 is 2.63 bits per heavy atom. The smallest absolute Gasteiger partial charge is 0.339 e. The van der Waals surface area contributed by atoms with Crippen LogP contribution in [0.4, 0.5) is 5.69 Å². The molecule has 0 atom stereocenters. The van der Waals surface area contributed by atoms with Gasteiger partial charge in [-0.1, -0.05) is 36.0 Å². The van der Waals surface area contributed by atoms with E-state index in [-0.39, 0.29) is 17.2 Å². The Balaban J connectivity index is 1.51. The summed E-state index contributed by atoms with van der Waals surface area (Å²) < 4.78 is 13.7. The van der Waals surface area contributed by atoms with Crippen LogP contribution in [0.3, 0.4) is 0 Å². The molecule has 0 saturated carbocycles. The minimum absolute atomic E-state index is 0.0806. The van der Waals surface area contributed by atoms with Crippen molar-refractivity contribution < 1.29 is 19.1 Å². The van der Waals surface area contributed by atoms with E-state index in [4.69, 9.17) is 9.47 Å². The Kier molecular flexibility index (Phi) is 7.16. The largest absolute Gasteiger partial charge is 0.497 e. The quantitative estimate of drug-likeness (QED) is 0.294. The molecular weight excluding hydrogens is 468 g/mol. The van der Waals surface area contributed by atoms with Gasteiger partial charge in [-0.25, -0.2) is 4.79 Å². The van der Waals surface area contributed by atoms with E-state index in [0.717, 1.165) is 22.6 Å². The van der Waals surface area contributed by atoms with Gasteiger partial charge >= 0.3 is 5.97 Å². The third-order valence-corrected chi connectivity index (χ3v) is 6.21. The van der Waals surface area contributed by atoms with E-state index in [9.17, 15) is 9.59 Å². The Labute approximate surface area is 206 Å². The van der Waals surface area contributed by atoms with Crippen LogP contribution in [0.15, 0.2) is 59.9 Å². The highest BCUT2D eigenvalue weighted by molar-refractivity contribution is 7.99. The first-order chi connectivity index (χ1) is 16.9. The number of ether oxygens (including phenoxy) is 2. The molecule has 0 bridgehead atoms. The molecule has 0 aliphatic carbocycles. The highest BCUT2D eigenvalue weighted by atomic mass is 32.2. The molecule has 0 radical (unpaired) electrons. The molecule has 2 heterocycles. The molecule has 1 N–H and O–H groups in total. The van der Waals surface area contributed by atoms with Crippen molar-refractivity contribution in [3.05, 3.63) is 60.3 Å². The molecule has 0 aliphatic heterocycles. The highest BCUT2D eigenvalue weighted by Crippen LogP contribution is 2.32. The van der Waals surface area contributed by atoms with Crippen molar-refractivity contribution in [2.75, 3.05) is 25.3 Å². The van der Waals surface area contributed by atoms with Crippen molar-refractivity contribution in [2.24, 2.45) is 14.1 Å². The van der Waals surface area contributed by atoms with Gasteiger partial charge in [0.2, 0.25) is 5.91 Å². The molecule has 0 aliphatic rings. The lowest BCUT2D eigenvalue weighted by Crippen LogP contribution is -2.17. The number of hydrogen-bond donors (Lipinski definition) is 1. The van der Waals surface area contributed by atoms with E-state index in [1.165, 1.54) is 18.9 Å². The van der Waals surface area contributed by atoms with Crippen LogP contribution < -0.4 is 10.1 Å². The predicted octanol–water partition coefficient (Wildman–Crippen LogP) is 3.41. The van der Waals surface area contributed by atoms with Gasteiger partial charge in [-0.2, -0.15) is 5.10 Å². The van der Waals surface area contributed by atoms with Gasteiger partial charge in [-0.05, 0) is 24.3 Å². The number of rotatable bonds is 8. The maximum absolute atomic E-state index is 12.6. The number of hydrogen-bond acceptors (Lipinski definition) is 8. The molecule has 10 nitrogen and oxygen atoms in total. The summed E-state index contributed by atoms with van der Waals surface area (Å²) in [6.07, 6.45) is 1.88. The van der Waals surface area contributed by atoms with Crippen molar-refractivity contribution in [3.8, 4) is 28.4 Å². The Morgan fingerprint density at radius 1 is 1.06 bits per heavy atom. The first kappa shape index (κ1) is 24.0. The number of aromatic nitrogens is 5. The molecule has 0 saturated heterocycles. The molecule has 2 aromatic carbocycles. The van der Waals surface area contributed by atoms with Crippen LogP contribution in [0.1, 0.15) is 10.4 Å². The third kappa shape index (κ3) is 5.19. The zero-order chi connectivity index (χ0) is 24.9. The maximum atomic E-state index is 12.6. The number of amides is 1. The van der Waals surface area contributed by atoms with Gasteiger partial charge < -0.3 is 19.4 Å². The Bertz CT molecular complexity index is 1380. The van der Waals surface area contributed by atoms with Crippen LogP contribution in [-0.2, 0) is 23.6 Å². The first-order valence-corrected chi connectivity index (χ1v) is 11.6. The molecule has 180 valence electrons. The number of nitrogens with zero attached hydrogens (tertiary/aromatic N) is 5. The Hall–Kier alpha value is -4.12. The summed E-state index contributed by atoms with van der Waals surface area (Å²) in [5.41, 5.74) is 3.12. The van der Waals surface area contributed by atoms with Crippen LogP contribution in [0, 0.1) is 0 Å². The van der Waals surface area contributed by atoms with Gasteiger partial charge in [0.25, 0.3) is 0 Å². The number of benzene rings is 2. The molecule has 1 amide bonds. The van der Waals surface area contributed by atoms with Crippen molar-refractivity contribution >= 4 is 29.3 Å². The number of carbonyl (C=O) groups excluding carboxylic acids is 2. The fourth-order valence-electron chi connectivity index (χ4n) is 3.51. The monoisotopic (exact) mass is 492 g/mol. The second-order valence-electron chi connectivity index (χ2n) is 7.54. The van der Waals surface area contributed by atoms with Crippen LogP contribution in [0.25, 0.3) is 22.6 Å². The number of aryl methyl sites for hydroxylation is 1. The molecule has 4 aromatic rings. The van der Waals surface area contributed by atoms with Crippen molar-refractivity contribution in [3.63, 3.8) is 0 Å². The summed E-state index contributed by atoms with van der Waals surface area (Å²) in [5, 5.41) is 16.5. The lowest BCUT2D eigenvalue weighted by molar-refractivity contribution is -0.113. The van der Waals surface area contributed by atoms with Gasteiger partial charge in [-0.3, -0.25) is 9.48 Å². The lowest BCUT2D eigenvalue weighted by atomic mass is 10.1. The number of carbonyl (C=O) groups is 2. The van der Waals surface area contributed by atoms with Gasteiger partial charge in [0.15, 0.2) is 11.0 Å². The zero-order valence-electron chi connectivity index (χ0n) is 19.7. The highest BCUT2D eigenvalue weighted by Gasteiger charge is 2.20. The lowest BCUT2D eigenvalue weighted by Gasteiger charge is -2.09. The minimum atomic E-state index is -0.519. The number of methoxy groups -OCH3 is 2. The van der Waals surface area contributed by atoms with E-state index in [0.29, 0.717) is 16.7 Å². The van der Waals surface area contributed by atoms with Gasteiger partial charge in [0.1, 0.15) is 11.4 Å². The molecule has 2 aromatic heterocycles. The number of nitrogens with one attached hydrogen (secondary N) is 1. The fraction of sp³-hybridized carbons (Fsp3) is 0.208. The number of thioether (sulfide) groups is 1. The van der Waals surface area contributed by atoms with Crippen molar-refractivity contribution in [2.45, 2.75) is 5.16 Å². The molecule has 0 unspecified atom stereocenters. The van der Waals surface area contributed by atoms with Crippen LogP contribution in [0.2, 0.25) is 0 Å². The average molecular weight is 493 g/mol. The van der Waals surface area contributed by atoms with E-state index < -0.39 is 5.97 Å². The van der Waals surface area contributed by atoms with Crippen molar-refractivity contribution in [1.82, 2.24) is 24.5 Å². The Morgan fingerprint density at radius 2 is 1.86 bits per heavy atom. The molecule has 0 fully saturated rings. The van der Waals surface area contributed by atoms with Crippen LogP contribution in [-0.4, -0.2) is 56.4 Å². The third-order valence-electron chi connectivity index (χ3n) is 5.19. The molecule has 35 heavy (non-hydrogen) atoms. The SMILES string of the molecule is COC(=O)c1ccccc1NC(=O)CSc1nnc(-c2cn(C)nc2-c2cccc(OC)c2)n1C. The summed E-state index contributed by atoms with van der Waals surface area (Å²) in [6.45, 7) is 0. The van der Waals surface area contributed by atoms with E-state index in [2.05, 4.69) is 20.6 Å². The van der Waals surface area contributed by atoms with Gasteiger partial charge in [0, 0.05) is 25.9 Å². The summed E-state index contributed by atoms with van der Waals surface area (Å²) in [4.78, 5) is 24.5. The van der Waals surface area contributed by atoms with Crippen LogP contribution in [0.5, 0.6) is 5.75 Å². The standard InChI is InChI=1S/C24H24N6O4S/c1-29-13-18(21(28-29)15-8-7-9-16(12-15)33-3)22-26-27-24(30(22)2)35-14-20(31)25-19-11-6-5-10-17(19)23(32)34-4/h5-13H,14H2,1-4H3,(H,25,31). The minimum Gasteiger partial charge on any atom is -0.497 e. The van der Waals surface area contributed by atoms with Gasteiger partial charge in [-0.15, -0.1) is 10.2 Å². The number of anilines is 1. The van der Waals surface area contributed by atoms with E-state index >= 15 is 0 Å². The summed E-state index contributed by atoms with van der Waals surface area (Å²) in [5.74, 6) is 0.629. The topological polar surface area (TPSA) is 113 Å². The summed E-state index contributed by atoms with van der Waals surface area (Å²) in [6, 6.07) is 14.3. The molecular formula is C24H24N6O4S. The number of para-hydroxylation sites is 1. The first-order valence-electron chi connectivity index (χ1n) is 10.6. The second kappa shape index (κ2) is 10.4. The fourth-order valence-corrected chi connectivity index (χ4v) is 4.22. The number of esters is 1. The van der Waals surface area contributed by atoms with E-state index in [1.54, 1.807) is 36.1 Å². The molecule has 0 spiro atoms.